The highest BCUT2D eigenvalue weighted by Gasteiger charge is 2.09. The Morgan fingerprint density at radius 3 is 3.06 bits per heavy atom. The molecule has 3 aromatic rings. The summed E-state index contributed by atoms with van der Waals surface area (Å²) in [6.45, 7) is 0.584. The summed E-state index contributed by atoms with van der Waals surface area (Å²) in [5, 5.41) is 1.97. The van der Waals surface area contributed by atoms with E-state index in [-0.39, 0.29) is 5.82 Å². The lowest BCUT2D eigenvalue weighted by molar-refractivity contribution is 0.622. The van der Waals surface area contributed by atoms with Crippen molar-refractivity contribution in [2.24, 2.45) is 0 Å². The summed E-state index contributed by atoms with van der Waals surface area (Å²) in [7, 11) is 0. The van der Waals surface area contributed by atoms with Crippen LogP contribution < -0.4 is 0 Å². The summed E-state index contributed by atoms with van der Waals surface area (Å²) in [6.07, 6.45) is 0. The number of thiazole rings is 1. The van der Waals surface area contributed by atoms with Crippen LogP contribution in [-0.4, -0.2) is 14.5 Å². The van der Waals surface area contributed by atoms with Gasteiger partial charge in [-0.15, -0.1) is 11.3 Å². The first-order valence-electron chi connectivity index (χ1n) is 5.10. The van der Waals surface area contributed by atoms with Crippen LogP contribution in [0.15, 0.2) is 27.5 Å². The van der Waals surface area contributed by atoms with Gasteiger partial charge in [-0.1, -0.05) is 0 Å². The molecule has 0 bridgehead atoms. The summed E-state index contributed by atoms with van der Waals surface area (Å²) >= 11 is 9.99. The second-order valence-electron chi connectivity index (χ2n) is 3.78. The molecule has 0 amide bonds. The van der Waals surface area contributed by atoms with Crippen LogP contribution in [0.25, 0.3) is 11.0 Å². The van der Waals surface area contributed by atoms with E-state index < -0.39 is 0 Å². The van der Waals surface area contributed by atoms with Crippen LogP contribution in [-0.2, 0) is 6.54 Å². The number of nitrogens with one attached hydrogen (secondary N) is 1. The average molecular weight is 344 g/mol. The van der Waals surface area contributed by atoms with Gasteiger partial charge in [0.05, 0.1) is 33.3 Å². The van der Waals surface area contributed by atoms with Gasteiger partial charge in [0, 0.05) is 11.4 Å². The Bertz CT molecular complexity index is 761. The molecule has 0 atom stereocenters. The van der Waals surface area contributed by atoms with E-state index in [1.54, 1.807) is 22.9 Å². The fourth-order valence-electron chi connectivity index (χ4n) is 1.79. The molecule has 7 heteroatoms. The Hall–Kier alpha value is -1.05. The third kappa shape index (κ3) is 2.02. The molecule has 92 valence electrons. The maximum atomic E-state index is 13.4. The second kappa shape index (κ2) is 4.56. The van der Waals surface area contributed by atoms with Gasteiger partial charge < -0.3 is 9.55 Å². The Kier molecular flexibility index (Phi) is 3.04. The Balaban J connectivity index is 2.19. The molecule has 0 aliphatic rings. The molecule has 0 aliphatic carbocycles. The van der Waals surface area contributed by atoms with Crippen LogP contribution in [0.4, 0.5) is 4.39 Å². The lowest BCUT2D eigenvalue weighted by Gasteiger charge is -2.02. The van der Waals surface area contributed by atoms with Crippen molar-refractivity contribution in [1.82, 2.24) is 14.5 Å². The van der Waals surface area contributed by atoms with Crippen molar-refractivity contribution in [2.75, 3.05) is 0 Å². The molecule has 1 N–H and O–H groups in total. The molecule has 0 saturated heterocycles. The normalized spacial score (nSPS) is 11.2. The van der Waals surface area contributed by atoms with Crippen LogP contribution in [0.3, 0.4) is 0 Å². The van der Waals surface area contributed by atoms with Crippen LogP contribution in [0.1, 0.15) is 5.69 Å². The molecule has 2 heterocycles. The van der Waals surface area contributed by atoms with E-state index in [1.165, 1.54) is 6.07 Å². The van der Waals surface area contributed by atoms with Crippen molar-refractivity contribution < 1.29 is 4.39 Å². The third-order valence-electron chi connectivity index (χ3n) is 2.62. The van der Waals surface area contributed by atoms with Crippen LogP contribution in [0.2, 0.25) is 0 Å². The SMILES string of the molecule is Fc1cc2[nH]c(=S)n(Cc3cscn3)c2cc1Br. The monoisotopic (exact) mass is 343 g/mol. The maximum absolute atomic E-state index is 13.4. The molecule has 0 fully saturated rings. The van der Waals surface area contributed by atoms with Crippen molar-refractivity contribution in [3.63, 3.8) is 0 Å². The minimum Gasteiger partial charge on any atom is -0.330 e. The van der Waals surface area contributed by atoms with Gasteiger partial charge in [-0.05, 0) is 34.2 Å². The molecule has 0 unspecified atom stereocenters. The second-order valence-corrected chi connectivity index (χ2v) is 5.74. The molecular formula is C11H7BrFN3S2. The number of aromatic amines is 1. The number of hydrogen-bond donors (Lipinski definition) is 1. The predicted octanol–water partition coefficient (Wildman–Crippen LogP) is 4.11. The first-order chi connectivity index (χ1) is 8.65. The van der Waals surface area contributed by atoms with Crippen LogP contribution >= 0.6 is 39.5 Å². The number of halogens is 2. The summed E-state index contributed by atoms with van der Waals surface area (Å²) < 4.78 is 16.3. The van der Waals surface area contributed by atoms with E-state index in [0.29, 0.717) is 21.3 Å². The van der Waals surface area contributed by atoms with Crippen molar-refractivity contribution in [2.45, 2.75) is 6.54 Å². The Labute approximate surface area is 119 Å². The van der Waals surface area contributed by atoms with Crippen molar-refractivity contribution >= 4 is 50.5 Å². The van der Waals surface area contributed by atoms with E-state index in [2.05, 4.69) is 25.9 Å². The van der Waals surface area contributed by atoms with Crippen molar-refractivity contribution in [3.05, 3.63) is 43.8 Å². The molecule has 1 aromatic carbocycles. The minimum atomic E-state index is -0.306. The molecule has 3 rings (SSSR count). The van der Waals surface area contributed by atoms with Crippen LogP contribution in [0.5, 0.6) is 0 Å². The molecule has 0 radical (unpaired) electrons. The fraction of sp³-hybridized carbons (Fsp3) is 0.0909. The number of H-pyrrole nitrogens is 1. The van der Waals surface area contributed by atoms with E-state index in [1.807, 2.05) is 9.95 Å². The molecule has 0 aliphatic heterocycles. The highest BCUT2D eigenvalue weighted by atomic mass is 79.9. The van der Waals surface area contributed by atoms with Crippen LogP contribution in [0, 0.1) is 10.6 Å². The zero-order valence-corrected chi connectivity index (χ0v) is 12.2. The lowest BCUT2D eigenvalue weighted by atomic mass is 10.3. The molecule has 3 nitrogen and oxygen atoms in total. The highest BCUT2D eigenvalue weighted by Crippen LogP contribution is 2.23. The quantitative estimate of drug-likeness (QED) is 0.710. The number of aromatic nitrogens is 3. The zero-order valence-electron chi connectivity index (χ0n) is 8.98. The molecule has 2 aromatic heterocycles. The van der Waals surface area contributed by atoms with Gasteiger partial charge in [-0.25, -0.2) is 9.37 Å². The first-order valence-corrected chi connectivity index (χ1v) is 7.24. The zero-order chi connectivity index (χ0) is 12.7. The lowest BCUT2D eigenvalue weighted by Crippen LogP contribution is -1.99. The number of hydrogen-bond acceptors (Lipinski definition) is 3. The summed E-state index contributed by atoms with van der Waals surface area (Å²) in [4.78, 5) is 7.23. The van der Waals surface area contributed by atoms with Gasteiger partial charge >= 0.3 is 0 Å². The topological polar surface area (TPSA) is 33.6 Å². The standard InChI is InChI=1S/C11H7BrFN3S2/c12-7-1-10-9(2-8(7)13)15-11(17)16(10)3-6-4-18-5-14-6/h1-2,4-5H,3H2,(H,15,17). The number of imidazole rings is 1. The number of benzene rings is 1. The number of fused-ring (bicyclic) bond motifs is 1. The smallest absolute Gasteiger partial charge is 0.178 e. The average Bonchev–Trinajstić information content (AvgIpc) is 2.92. The van der Waals surface area contributed by atoms with Gasteiger partial charge in [0.15, 0.2) is 4.77 Å². The summed E-state index contributed by atoms with van der Waals surface area (Å²) in [6, 6.07) is 3.16. The van der Waals surface area contributed by atoms with Gasteiger partial charge in [0.2, 0.25) is 0 Å². The molecular weight excluding hydrogens is 337 g/mol. The molecule has 0 spiro atoms. The minimum absolute atomic E-state index is 0.306. The largest absolute Gasteiger partial charge is 0.330 e. The van der Waals surface area contributed by atoms with Gasteiger partial charge in [-0.2, -0.15) is 0 Å². The molecule has 0 saturated carbocycles. The fourth-order valence-corrected chi connectivity index (χ4v) is 2.94. The van der Waals surface area contributed by atoms with E-state index >= 15 is 0 Å². The molecule has 18 heavy (non-hydrogen) atoms. The van der Waals surface area contributed by atoms with Crippen molar-refractivity contribution in [1.29, 1.82) is 0 Å². The van der Waals surface area contributed by atoms with Crippen molar-refractivity contribution in [3.8, 4) is 0 Å². The Morgan fingerprint density at radius 1 is 1.50 bits per heavy atom. The van der Waals surface area contributed by atoms with Gasteiger partial charge in [0.1, 0.15) is 5.82 Å². The third-order valence-corrected chi connectivity index (χ3v) is 4.19. The predicted molar refractivity (Wildman–Crippen MR) is 76.0 cm³/mol. The van der Waals surface area contributed by atoms with E-state index in [0.717, 1.165) is 11.2 Å². The maximum Gasteiger partial charge on any atom is 0.178 e. The van der Waals surface area contributed by atoms with E-state index in [4.69, 9.17) is 12.2 Å². The summed E-state index contributed by atoms with van der Waals surface area (Å²) in [5.41, 5.74) is 4.28. The van der Waals surface area contributed by atoms with Gasteiger partial charge in [0.25, 0.3) is 0 Å². The van der Waals surface area contributed by atoms with Gasteiger partial charge in [-0.3, -0.25) is 0 Å². The number of rotatable bonds is 2. The summed E-state index contributed by atoms with van der Waals surface area (Å²) in [5.74, 6) is -0.306. The first kappa shape index (κ1) is 12.0. The Morgan fingerprint density at radius 2 is 2.33 bits per heavy atom. The van der Waals surface area contributed by atoms with E-state index in [9.17, 15) is 4.39 Å². The highest BCUT2D eigenvalue weighted by molar-refractivity contribution is 9.10. The number of nitrogens with zero attached hydrogens (tertiary/aromatic N) is 2.